The number of sulfonamides is 1. The van der Waals surface area contributed by atoms with Gasteiger partial charge < -0.3 is 13.8 Å². The highest BCUT2D eigenvalue weighted by atomic mass is 32.2. The fourth-order valence-corrected chi connectivity index (χ4v) is 5.83. The van der Waals surface area contributed by atoms with Crippen LogP contribution < -0.4 is 4.72 Å². The molecule has 0 amide bonds. The van der Waals surface area contributed by atoms with Gasteiger partial charge in [-0.05, 0) is 43.2 Å². The Bertz CT molecular complexity index is 1790. The molecular formula is C29H28N4O5S. The minimum absolute atomic E-state index is 0.100. The van der Waals surface area contributed by atoms with Crippen molar-refractivity contribution >= 4 is 32.9 Å². The molecule has 200 valence electrons. The molecule has 0 aliphatic rings. The maximum atomic E-state index is 13.3. The average Bonchev–Trinajstić information content (AvgIpc) is 3.47. The second-order valence-electron chi connectivity index (χ2n) is 9.15. The van der Waals surface area contributed by atoms with Crippen LogP contribution >= 0.6 is 0 Å². The summed E-state index contributed by atoms with van der Waals surface area (Å²) < 4.78 is 41.3. The van der Waals surface area contributed by atoms with Crippen LogP contribution in [0.5, 0.6) is 0 Å². The molecule has 10 heteroatoms. The summed E-state index contributed by atoms with van der Waals surface area (Å²) in [7, 11) is -2.58. The lowest BCUT2D eigenvalue weighted by atomic mass is 10.0. The van der Waals surface area contributed by atoms with Gasteiger partial charge in [0.1, 0.15) is 5.82 Å². The molecule has 1 N–H and O–H groups in total. The minimum atomic E-state index is -3.94. The van der Waals surface area contributed by atoms with Crippen molar-refractivity contribution in [3.8, 4) is 11.1 Å². The molecule has 0 bridgehead atoms. The third-order valence-electron chi connectivity index (χ3n) is 6.73. The summed E-state index contributed by atoms with van der Waals surface area (Å²) in [6.07, 6.45) is 0.690. The molecule has 5 aromatic rings. The first-order valence-corrected chi connectivity index (χ1v) is 13.9. The van der Waals surface area contributed by atoms with Gasteiger partial charge in [0.25, 0.3) is 10.0 Å². The number of ether oxygens (including phenoxy) is 1. The Balaban J connectivity index is 1.48. The number of fused-ring (bicyclic) bond motifs is 1. The van der Waals surface area contributed by atoms with Crippen LogP contribution in [0.25, 0.3) is 22.2 Å². The zero-order chi connectivity index (χ0) is 27.7. The highest BCUT2D eigenvalue weighted by molar-refractivity contribution is 7.92. The van der Waals surface area contributed by atoms with Crippen molar-refractivity contribution in [1.82, 2.24) is 14.7 Å². The number of hydrogen-bond donors (Lipinski definition) is 1. The van der Waals surface area contributed by atoms with Gasteiger partial charge in [0, 0.05) is 24.1 Å². The van der Waals surface area contributed by atoms with Gasteiger partial charge in [0.05, 0.1) is 34.3 Å². The molecule has 0 fully saturated rings. The summed E-state index contributed by atoms with van der Waals surface area (Å²) in [6, 6.07) is 19.9. The predicted octanol–water partition coefficient (Wildman–Crippen LogP) is 5.51. The van der Waals surface area contributed by atoms with Crippen LogP contribution in [-0.2, 0) is 27.7 Å². The standard InChI is InChI=1S/C29H28N4O5S/c1-5-26-30-24-11-8-10-23(29(34)37-4)27(24)33(26)17-20-13-15-21(16-14-20)22-9-6-7-12-25(22)39(35,36)32-28-18(2)19(3)31-38-28/h6-16,32H,5,17H2,1-4H3. The maximum Gasteiger partial charge on any atom is 0.340 e. The van der Waals surface area contributed by atoms with E-state index in [4.69, 9.17) is 14.2 Å². The van der Waals surface area contributed by atoms with Crippen molar-refractivity contribution in [2.45, 2.75) is 38.6 Å². The lowest BCUT2D eigenvalue weighted by molar-refractivity contribution is 0.0602. The monoisotopic (exact) mass is 544 g/mol. The van der Waals surface area contributed by atoms with Crippen LogP contribution in [0.1, 0.15) is 39.9 Å². The second kappa shape index (κ2) is 10.4. The lowest BCUT2D eigenvalue weighted by Gasteiger charge is -2.13. The van der Waals surface area contributed by atoms with Gasteiger partial charge in [0.15, 0.2) is 0 Å². The SMILES string of the molecule is CCc1nc2cccc(C(=O)OC)c2n1Cc1ccc(-c2ccccc2S(=O)(=O)Nc2onc(C)c2C)cc1. The number of anilines is 1. The van der Waals surface area contributed by atoms with E-state index in [0.29, 0.717) is 35.3 Å². The van der Waals surface area contributed by atoms with Gasteiger partial charge in [-0.1, -0.05) is 60.6 Å². The number of nitrogens with one attached hydrogen (secondary N) is 1. The van der Waals surface area contributed by atoms with E-state index < -0.39 is 16.0 Å². The van der Waals surface area contributed by atoms with Crippen molar-refractivity contribution in [2.75, 3.05) is 11.8 Å². The van der Waals surface area contributed by atoms with Gasteiger partial charge in [0.2, 0.25) is 5.88 Å². The minimum Gasteiger partial charge on any atom is -0.465 e. The molecular weight excluding hydrogens is 516 g/mol. The van der Waals surface area contributed by atoms with Gasteiger partial charge in [-0.2, -0.15) is 0 Å². The number of rotatable bonds is 8. The van der Waals surface area contributed by atoms with E-state index in [1.807, 2.05) is 41.8 Å². The van der Waals surface area contributed by atoms with Crippen molar-refractivity contribution in [2.24, 2.45) is 0 Å². The number of aromatic nitrogens is 3. The maximum absolute atomic E-state index is 13.3. The number of nitrogens with zero attached hydrogens (tertiary/aromatic N) is 3. The van der Waals surface area contributed by atoms with E-state index in [2.05, 4.69) is 9.88 Å². The molecule has 39 heavy (non-hydrogen) atoms. The second-order valence-corrected chi connectivity index (χ2v) is 10.8. The molecule has 2 heterocycles. The van der Waals surface area contributed by atoms with Gasteiger partial charge in [-0.15, -0.1) is 0 Å². The molecule has 0 radical (unpaired) electrons. The van der Waals surface area contributed by atoms with E-state index in [1.165, 1.54) is 7.11 Å². The van der Waals surface area contributed by atoms with Gasteiger partial charge >= 0.3 is 5.97 Å². The summed E-state index contributed by atoms with van der Waals surface area (Å²) in [5.74, 6) is 0.538. The van der Waals surface area contributed by atoms with Crippen LogP contribution in [0.2, 0.25) is 0 Å². The largest absolute Gasteiger partial charge is 0.465 e. The van der Waals surface area contributed by atoms with Crippen LogP contribution in [0.4, 0.5) is 5.88 Å². The number of aryl methyl sites for hydroxylation is 2. The van der Waals surface area contributed by atoms with E-state index >= 15 is 0 Å². The molecule has 5 rings (SSSR count). The number of imidazole rings is 1. The first kappa shape index (κ1) is 26.2. The molecule has 9 nitrogen and oxygen atoms in total. The summed E-state index contributed by atoms with van der Waals surface area (Å²) in [6.45, 7) is 6.00. The predicted molar refractivity (Wildman–Crippen MR) is 148 cm³/mol. The Labute approximate surface area is 226 Å². The normalized spacial score (nSPS) is 11.6. The number of hydrogen-bond acceptors (Lipinski definition) is 7. The van der Waals surface area contributed by atoms with Gasteiger partial charge in [-0.25, -0.2) is 22.9 Å². The fraction of sp³-hybridized carbons (Fsp3) is 0.207. The topological polar surface area (TPSA) is 116 Å². The lowest BCUT2D eigenvalue weighted by Crippen LogP contribution is -2.14. The number of benzene rings is 3. The molecule has 0 unspecified atom stereocenters. The number of methoxy groups -OCH3 is 1. The Morgan fingerprint density at radius 2 is 1.77 bits per heavy atom. The first-order valence-electron chi connectivity index (χ1n) is 12.4. The highest BCUT2D eigenvalue weighted by Crippen LogP contribution is 2.31. The Morgan fingerprint density at radius 3 is 2.44 bits per heavy atom. The van der Waals surface area contributed by atoms with Crippen LogP contribution in [0, 0.1) is 13.8 Å². The van der Waals surface area contributed by atoms with Crippen molar-refractivity contribution < 1.29 is 22.5 Å². The highest BCUT2D eigenvalue weighted by Gasteiger charge is 2.23. The molecule has 0 spiro atoms. The summed E-state index contributed by atoms with van der Waals surface area (Å²) in [5, 5.41) is 3.83. The van der Waals surface area contributed by atoms with Crippen molar-refractivity contribution in [3.63, 3.8) is 0 Å². The number of esters is 1. The third-order valence-corrected chi connectivity index (χ3v) is 8.12. The molecule has 0 saturated heterocycles. The van der Waals surface area contributed by atoms with E-state index in [0.717, 1.165) is 28.0 Å². The van der Waals surface area contributed by atoms with E-state index in [9.17, 15) is 13.2 Å². The Kier molecular flexibility index (Phi) is 6.96. The first-order chi connectivity index (χ1) is 18.7. The number of carbonyl (C=O) groups is 1. The zero-order valence-electron chi connectivity index (χ0n) is 22.1. The fourth-order valence-electron chi connectivity index (χ4n) is 4.55. The summed E-state index contributed by atoms with van der Waals surface area (Å²) in [5.41, 5.74) is 5.44. The zero-order valence-corrected chi connectivity index (χ0v) is 22.9. The molecule has 3 aromatic carbocycles. The van der Waals surface area contributed by atoms with E-state index in [-0.39, 0.29) is 10.8 Å². The molecule has 0 saturated carbocycles. The molecule has 2 aromatic heterocycles. The van der Waals surface area contributed by atoms with Crippen LogP contribution in [-0.4, -0.2) is 36.2 Å². The van der Waals surface area contributed by atoms with Crippen LogP contribution in [0.3, 0.4) is 0 Å². The smallest absolute Gasteiger partial charge is 0.340 e. The van der Waals surface area contributed by atoms with E-state index in [1.54, 1.807) is 50.2 Å². The molecule has 0 aliphatic carbocycles. The van der Waals surface area contributed by atoms with Crippen molar-refractivity contribution in [1.29, 1.82) is 0 Å². The van der Waals surface area contributed by atoms with Crippen LogP contribution in [0.15, 0.2) is 76.1 Å². The summed E-state index contributed by atoms with van der Waals surface area (Å²) >= 11 is 0. The molecule has 0 atom stereocenters. The summed E-state index contributed by atoms with van der Waals surface area (Å²) in [4.78, 5) is 17.3. The van der Waals surface area contributed by atoms with Gasteiger partial charge in [-0.3, -0.25) is 0 Å². The quantitative estimate of drug-likeness (QED) is 0.256. The molecule has 0 aliphatic heterocycles. The Morgan fingerprint density at radius 1 is 1.03 bits per heavy atom. The third kappa shape index (κ3) is 4.90. The number of para-hydroxylation sites is 1. The van der Waals surface area contributed by atoms with Crippen molar-refractivity contribution in [3.05, 3.63) is 94.9 Å². The Hall–Kier alpha value is -4.44. The average molecular weight is 545 g/mol. The number of carbonyl (C=O) groups excluding carboxylic acids is 1.